The van der Waals surface area contributed by atoms with Crippen molar-refractivity contribution in [2.75, 3.05) is 24.5 Å². The van der Waals surface area contributed by atoms with E-state index < -0.39 is 5.82 Å². The van der Waals surface area contributed by atoms with E-state index in [1.165, 1.54) is 6.07 Å². The van der Waals surface area contributed by atoms with Crippen molar-refractivity contribution in [2.45, 2.75) is 31.8 Å². The molecule has 0 amide bonds. The molecular formula is C21H26FN5O. The number of piperidine rings is 1. The number of hydrogen-bond donors (Lipinski definition) is 3. The van der Waals surface area contributed by atoms with E-state index in [4.69, 9.17) is 5.73 Å². The molecule has 0 saturated carbocycles. The molecule has 2 aromatic rings. The largest absolute Gasteiger partial charge is 0.393 e. The predicted octanol–water partition coefficient (Wildman–Crippen LogP) is 1.06. The van der Waals surface area contributed by atoms with E-state index in [0.717, 1.165) is 29.8 Å². The van der Waals surface area contributed by atoms with E-state index in [0.29, 0.717) is 37.6 Å². The number of aromatic amines is 1. The van der Waals surface area contributed by atoms with Crippen molar-refractivity contribution >= 4 is 18.0 Å². The normalized spacial score (nSPS) is 21.6. The van der Waals surface area contributed by atoms with Crippen molar-refractivity contribution in [1.82, 2.24) is 15.2 Å². The highest BCUT2D eigenvalue weighted by Gasteiger charge is 2.28. The van der Waals surface area contributed by atoms with E-state index in [2.05, 4.69) is 20.1 Å². The minimum absolute atomic E-state index is 0.155. The van der Waals surface area contributed by atoms with Gasteiger partial charge in [-0.15, -0.1) is 0 Å². The topological polar surface area (TPSA) is 91.1 Å². The van der Waals surface area contributed by atoms with Crippen LogP contribution in [0.1, 0.15) is 25.7 Å². The number of allylic oxidation sites excluding steroid dienone is 2. The Labute approximate surface area is 163 Å². The number of nitrogens with one attached hydrogen (secondary N) is 1. The van der Waals surface area contributed by atoms with Crippen molar-refractivity contribution in [3.05, 3.63) is 40.7 Å². The van der Waals surface area contributed by atoms with E-state index >= 15 is 0 Å². The molecule has 0 aromatic carbocycles. The Morgan fingerprint density at radius 3 is 3.07 bits per heavy atom. The first kappa shape index (κ1) is 18.8. The molecular weight excluding hydrogens is 357 g/mol. The molecule has 0 radical (unpaired) electrons. The number of halogens is 1. The standard InChI is InChI=1S/C21H26FN5O/c22-16-8-9-19(27-12-10-18(28)14(13-27)5-4-11-23)24-21(16)20-15-6-2-1-3-7-17(15)25-26-20/h1-2,6-9,14,18,25,28H,3-5,10-13,23H2. The molecule has 7 heteroatoms. The zero-order valence-corrected chi connectivity index (χ0v) is 15.8. The van der Waals surface area contributed by atoms with Crippen LogP contribution in [0, 0.1) is 11.7 Å². The smallest absolute Gasteiger partial charge is 0.151 e. The van der Waals surface area contributed by atoms with Crippen LogP contribution in [0.25, 0.3) is 23.5 Å². The molecule has 4 rings (SSSR count). The summed E-state index contributed by atoms with van der Waals surface area (Å²) in [4.78, 5) is 6.74. The Balaban J connectivity index is 1.66. The predicted molar refractivity (Wildman–Crippen MR) is 108 cm³/mol. The zero-order chi connectivity index (χ0) is 19.5. The van der Waals surface area contributed by atoms with Gasteiger partial charge in [0, 0.05) is 24.2 Å². The lowest BCUT2D eigenvalue weighted by Gasteiger charge is -2.37. The van der Waals surface area contributed by atoms with Gasteiger partial charge in [-0.05, 0) is 44.4 Å². The van der Waals surface area contributed by atoms with Gasteiger partial charge in [-0.3, -0.25) is 5.10 Å². The number of anilines is 1. The van der Waals surface area contributed by atoms with Crippen LogP contribution in [0.15, 0.2) is 24.3 Å². The van der Waals surface area contributed by atoms with Crippen LogP contribution in [-0.4, -0.2) is 46.0 Å². The molecule has 1 saturated heterocycles. The molecule has 4 N–H and O–H groups in total. The fraction of sp³-hybridized carbons (Fsp3) is 0.429. The summed E-state index contributed by atoms with van der Waals surface area (Å²) >= 11 is 0. The number of hydrogen-bond acceptors (Lipinski definition) is 5. The molecule has 1 aliphatic carbocycles. The van der Waals surface area contributed by atoms with Crippen LogP contribution in [0.3, 0.4) is 0 Å². The summed E-state index contributed by atoms with van der Waals surface area (Å²) in [6.07, 6.45) is 10.9. The lowest BCUT2D eigenvalue weighted by molar-refractivity contribution is 0.0824. The summed E-state index contributed by atoms with van der Waals surface area (Å²) in [6.45, 7) is 2.01. The maximum absolute atomic E-state index is 14.6. The van der Waals surface area contributed by atoms with Crippen LogP contribution in [0.4, 0.5) is 10.2 Å². The first-order chi connectivity index (χ1) is 13.7. The van der Waals surface area contributed by atoms with Gasteiger partial charge >= 0.3 is 0 Å². The quantitative estimate of drug-likeness (QED) is 0.718. The zero-order valence-electron chi connectivity index (χ0n) is 15.8. The van der Waals surface area contributed by atoms with Crippen molar-refractivity contribution in [1.29, 1.82) is 0 Å². The van der Waals surface area contributed by atoms with Gasteiger partial charge in [0.25, 0.3) is 0 Å². The first-order valence-corrected chi connectivity index (χ1v) is 9.89. The number of nitrogens with zero attached hydrogens (tertiary/aromatic N) is 3. The van der Waals surface area contributed by atoms with Crippen molar-refractivity contribution in [2.24, 2.45) is 11.7 Å². The average molecular weight is 383 g/mol. The second-order valence-corrected chi connectivity index (χ2v) is 7.43. The number of rotatable bonds is 5. The second kappa shape index (κ2) is 8.24. The summed E-state index contributed by atoms with van der Waals surface area (Å²) in [5.41, 5.74) is 6.40. The number of pyridine rings is 1. The Bertz CT molecular complexity index is 983. The lowest BCUT2D eigenvalue weighted by Crippen LogP contribution is -2.43. The minimum Gasteiger partial charge on any atom is -0.393 e. The second-order valence-electron chi connectivity index (χ2n) is 7.43. The Kier molecular flexibility index (Phi) is 5.54. The van der Waals surface area contributed by atoms with Crippen LogP contribution in [-0.2, 0) is 0 Å². The first-order valence-electron chi connectivity index (χ1n) is 9.89. The van der Waals surface area contributed by atoms with Crippen molar-refractivity contribution < 1.29 is 9.50 Å². The van der Waals surface area contributed by atoms with E-state index in [1.807, 2.05) is 24.3 Å². The molecule has 0 spiro atoms. The maximum Gasteiger partial charge on any atom is 0.151 e. The lowest BCUT2D eigenvalue weighted by atomic mass is 9.90. The summed E-state index contributed by atoms with van der Waals surface area (Å²) < 4.78 is 14.6. The molecule has 0 bridgehead atoms. The Morgan fingerprint density at radius 1 is 1.32 bits per heavy atom. The summed E-state index contributed by atoms with van der Waals surface area (Å²) in [6, 6.07) is 3.16. The van der Waals surface area contributed by atoms with E-state index in [1.54, 1.807) is 6.07 Å². The Hall–Kier alpha value is -2.51. The highest BCUT2D eigenvalue weighted by atomic mass is 19.1. The highest BCUT2D eigenvalue weighted by molar-refractivity contribution is 5.62. The molecule has 2 aliphatic rings. The van der Waals surface area contributed by atoms with Crippen LogP contribution < -0.4 is 21.2 Å². The average Bonchev–Trinajstić information content (AvgIpc) is 2.95. The maximum atomic E-state index is 14.6. The van der Waals surface area contributed by atoms with Crippen molar-refractivity contribution in [3.8, 4) is 11.4 Å². The number of aromatic nitrogens is 3. The third kappa shape index (κ3) is 3.72. The van der Waals surface area contributed by atoms with Crippen LogP contribution in [0.5, 0.6) is 0 Å². The molecule has 28 heavy (non-hydrogen) atoms. The summed E-state index contributed by atoms with van der Waals surface area (Å²) in [5.74, 6) is 0.477. The third-order valence-electron chi connectivity index (χ3n) is 5.54. The molecule has 1 fully saturated rings. The van der Waals surface area contributed by atoms with Crippen LogP contribution >= 0.6 is 0 Å². The van der Waals surface area contributed by atoms with Gasteiger partial charge < -0.3 is 15.7 Å². The van der Waals surface area contributed by atoms with Gasteiger partial charge in [-0.1, -0.05) is 24.3 Å². The minimum atomic E-state index is -0.392. The third-order valence-corrected chi connectivity index (χ3v) is 5.54. The fourth-order valence-corrected chi connectivity index (χ4v) is 3.96. The monoisotopic (exact) mass is 383 g/mol. The summed E-state index contributed by atoms with van der Waals surface area (Å²) in [5, 5.41) is 19.3. The number of H-pyrrole nitrogens is 1. The highest BCUT2D eigenvalue weighted by Crippen LogP contribution is 2.27. The Morgan fingerprint density at radius 2 is 2.21 bits per heavy atom. The molecule has 3 heterocycles. The van der Waals surface area contributed by atoms with Crippen LogP contribution in [0.2, 0.25) is 0 Å². The van der Waals surface area contributed by atoms with Gasteiger partial charge in [0.05, 0.1) is 11.5 Å². The number of fused-ring (bicyclic) bond motifs is 1. The van der Waals surface area contributed by atoms with E-state index in [-0.39, 0.29) is 17.7 Å². The number of nitrogens with two attached hydrogens (primary N) is 1. The fourth-order valence-electron chi connectivity index (χ4n) is 3.96. The molecule has 2 unspecified atom stereocenters. The molecule has 6 nitrogen and oxygen atoms in total. The molecule has 148 valence electrons. The van der Waals surface area contributed by atoms with Gasteiger partial charge in [-0.2, -0.15) is 5.10 Å². The van der Waals surface area contributed by atoms with Gasteiger partial charge in [0.1, 0.15) is 17.2 Å². The van der Waals surface area contributed by atoms with Gasteiger partial charge in [0.2, 0.25) is 0 Å². The SMILES string of the molecule is NCCCC1CN(c2ccc(F)c(-c3n[nH]c4c3=CC=CCC=4)n2)CCC1O. The number of aliphatic hydroxyl groups excluding tert-OH is 1. The van der Waals surface area contributed by atoms with E-state index in [9.17, 15) is 9.50 Å². The van der Waals surface area contributed by atoms with Gasteiger partial charge in [-0.25, -0.2) is 9.37 Å². The van der Waals surface area contributed by atoms with Gasteiger partial charge in [0.15, 0.2) is 5.82 Å². The molecule has 2 aromatic heterocycles. The number of aliphatic hydroxyl groups is 1. The molecule has 2 atom stereocenters. The molecule has 1 aliphatic heterocycles. The van der Waals surface area contributed by atoms with Crippen molar-refractivity contribution in [3.63, 3.8) is 0 Å². The summed E-state index contributed by atoms with van der Waals surface area (Å²) in [7, 11) is 0.